The second-order valence-corrected chi connectivity index (χ2v) is 7.35. The van der Waals surface area contributed by atoms with Crippen LogP contribution in [0.15, 0.2) is 24.3 Å². The maximum absolute atomic E-state index is 13.0. The number of benzene rings is 1. The smallest absolute Gasteiger partial charge is 0.249 e. The quantitative estimate of drug-likeness (QED) is 0.865. The van der Waals surface area contributed by atoms with Crippen molar-refractivity contribution in [3.8, 4) is 11.4 Å². The van der Waals surface area contributed by atoms with E-state index in [1.165, 1.54) is 4.80 Å². The van der Waals surface area contributed by atoms with Crippen molar-refractivity contribution in [2.24, 2.45) is 11.7 Å². The SMILES string of the molecule is CCC(C(=O)N1CCCC(C(C)N)C1)n1nnc(-c2ccc(Cl)cc2)n1. The van der Waals surface area contributed by atoms with Gasteiger partial charge in [-0.1, -0.05) is 18.5 Å². The van der Waals surface area contributed by atoms with E-state index in [4.69, 9.17) is 17.3 Å². The van der Waals surface area contributed by atoms with Crippen LogP contribution in [0.25, 0.3) is 11.4 Å². The third-order valence-corrected chi connectivity index (χ3v) is 5.25. The summed E-state index contributed by atoms with van der Waals surface area (Å²) >= 11 is 5.92. The zero-order chi connectivity index (χ0) is 18.7. The summed E-state index contributed by atoms with van der Waals surface area (Å²) in [5.41, 5.74) is 6.86. The summed E-state index contributed by atoms with van der Waals surface area (Å²) in [7, 11) is 0. The molecule has 0 spiro atoms. The van der Waals surface area contributed by atoms with Crippen LogP contribution in [0.4, 0.5) is 0 Å². The molecule has 3 unspecified atom stereocenters. The molecule has 3 atom stereocenters. The molecule has 8 heteroatoms. The number of piperidine rings is 1. The maximum atomic E-state index is 13.0. The summed E-state index contributed by atoms with van der Waals surface area (Å²) in [6, 6.07) is 6.88. The van der Waals surface area contributed by atoms with Crippen LogP contribution >= 0.6 is 11.6 Å². The first-order chi connectivity index (χ1) is 12.5. The average Bonchev–Trinajstić information content (AvgIpc) is 3.12. The third-order valence-electron chi connectivity index (χ3n) is 4.99. The number of halogens is 1. The van der Waals surface area contributed by atoms with Gasteiger partial charge in [0.2, 0.25) is 11.7 Å². The molecular weight excluding hydrogens is 352 g/mol. The van der Waals surface area contributed by atoms with Gasteiger partial charge in [0.05, 0.1) is 0 Å². The number of likely N-dealkylation sites (tertiary alicyclic amines) is 1. The van der Waals surface area contributed by atoms with Crippen LogP contribution in [-0.2, 0) is 4.79 Å². The molecule has 0 saturated carbocycles. The second kappa shape index (κ2) is 8.14. The fourth-order valence-corrected chi connectivity index (χ4v) is 3.48. The highest BCUT2D eigenvalue weighted by atomic mass is 35.5. The van der Waals surface area contributed by atoms with Crippen molar-refractivity contribution in [1.82, 2.24) is 25.1 Å². The number of carbonyl (C=O) groups excluding carboxylic acids is 1. The first-order valence-corrected chi connectivity index (χ1v) is 9.47. The fourth-order valence-electron chi connectivity index (χ4n) is 3.36. The maximum Gasteiger partial charge on any atom is 0.249 e. The summed E-state index contributed by atoms with van der Waals surface area (Å²) in [4.78, 5) is 16.4. The van der Waals surface area contributed by atoms with Gasteiger partial charge < -0.3 is 10.6 Å². The van der Waals surface area contributed by atoms with Crippen molar-refractivity contribution in [3.05, 3.63) is 29.3 Å². The predicted octanol–water partition coefficient (Wildman–Crippen LogP) is 2.53. The van der Waals surface area contributed by atoms with E-state index in [0.717, 1.165) is 24.9 Å². The average molecular weight is 377 g/mol. The van der Waals surface area contributed by atoms with Gasteiger partial charge in [-0.05, 0) is 61.6 Å². The van der Waals surface area contributed by atoms with Gasteiger partial charge in [0.25, 0.3) is 0 Å². The highest BCUT2D eigenvalue weighted by Crippen LogP contribution is 2.23. The Morgan fingerprint density at radius 2 is 2.12 bits per heavy atom. The predicted molar refractivity (Wildman–Crippen MR) is 101 cm³/mol. The zero-order valence-electron chi connectivity index (χ0n) is 15.2. The monoisotopic (exact) mass is 376 g/mol. The largest absolute Gasteiger partial charge is 0.340 e. The number of aromatic nitrogens is 4. The Morgan fingerprint density at radius 1 is 1.38 bits per heavy atom. The molecule has 0 radical (unpaired) electrons. The molecule has 1 saturated heterocycles. The highest BCUT2D eigenvalue weighted by molar-refractivity contribution is 6.30. The van der Waals surface area contributed by atoms with Gasteiger partial charge in [-0.3, -0.25) is 4.79 Å². The fraction of sp³-hybridized carbons (Fsp3) is 0.556. The first kappa shape index (κ1) is 18.8. The lowest BCUT2D eigenvalue weighted by atomic mass is 9.92. The minimum absolute atomic E-state index is 0.0397. The van der Waals surface area contributed by atoms with E-state index in [2.05, 4.69) is 15.4 Å². The van der Waals surface area contributed by atoms with E-state index in [1.54, 1.807) is 12.1 Å². The molecule has 1 aromatic heterocycles. The number of hydrogen-bond donors (Lipinski definition) is 1. The Labute approximate surface area is 158 Å². The van der Waals surface area contributed by atoms with Crippen LogP contribution in [0.2, 0.25) is 5.02 Å². The van der Waals surface area contributed by atoms with E-state index in [1.807, 2.05) is 30.9 Å². The van der Waals surface area contributed by atoms with E-state index < -0.39 is 6.04 Å². The molecule has 1 aliphatic heterocycles. The lowest BCUT2D eigenvalue weighted by Crippen LogP contribution is -2.47. The lowest BCUT2D eigenvalue weighted by molar-refractivity contribution is -0.137. The summed E-state index contributed by atoms with van der Waals surface area (Å²) in [6.45, 7) is 5.43. The molecule has 26 heavy (non-hydrogen) atoms. The van der Waals surface area contributed by atoms with E-state index in [9.17, 15) is 4.79 Å². The Balaban J connectivity index is 1.76. The molecule has 1 aromatic carbocycles. The van der Waals surface area contributed by atoms with Crippen LogP contribution in [0.5, 0.6) is 0 Å². The van der Waals surface area contributed by atoms with Crippen LogP contribution in [-0.4, -0.2) is 50.1 Å². The first-order valence-electron chi connectivity index (χ1n) is 9.09. The number of carbonyl (C=O) groups is 1. The number of rotatable bonds is 5. The Morgan fingerprint density at radius 3 is 2.77 bits per heavy atom. The van der Waals surface area contributed by atoms with Gasteiger partial charge in [-0.25, -0.2) is 0 Å². The number of nitrogens with two attached hydrogens (primary N) is 1. The molecule has 0 aliphatic carbocycles. The molecule has 2 aromatic rings. The molecule has 2 heterocycles. The topological polar surface area (TPSA) is 89.9 Å². The highest BCUT2D eigenvalue weighted by Gasteiger charge is 2.31. The van der Waals surface area contributed by atoms with E-state index in [0.29, 0.717) is 29.7 Å². The standard InChI is InChI=1S/C18H25ClN6O/c1-3-16(18(26)24-10-4-5-14(11-24)12(2)20)25-22-17(21-23-25)13-6-8-15(19)9-7-13/h6-9,12,14,16H,3-5,10-11,20H2,1-2H3. The van der Waals surface area contributed by atoms with Crippen molar-refractivity contribution in [1.29, 1.82) is 0 Å². The van der Waals surface area contributed by atoms with Crippen molar-refractivity contribution in [3.63, 3.8) is 0 Å². The lowest BCUT2D eigenvalue weighted by Gasteiger charge is -2.36. The van der Waals surface area contributed by atoms with Crippen molar-refractivity contribution in [2.45, 2.75) is 45.2 Å². The third kappa shape index (κ3) is 4.04. The number of tetrazole rings is 1. The Kier molecular flexibility index (Phi) is 5.88. The van der Waals surface area contributed by atoms with Crippen LogP contribution in [0.1, 0.15) is 39.2 Å². The van der Waals surface area contributed by atoms with Crippen molar-refractivity contribution in [2.75, 3.05) is 13.1 Å². The molecule has 140 valence electrons. The summed E-state index contributed by atoms with van der Waals surface area (Å²) in [5, 5.41) is 13.3. The Bertz CT molecular complexity index is 744. The molecule has 1 amide bonds. The van der Waals surface area contributed by atoms with E-state index in [-0.39, 0.29) is 11.9 Å². The van der Waals surface area contributed by atoms with Gasteiger partial charge in [-0.15, -0.1) is 10.2 Å². The second-order valence-electron chi connectivity index (χ2n) is 6.91. The van der Waals surface area contributed by atoms with Gasteiger partial charge >= 0.3 is 0 Å². The molecule has 2 N–H and O–H groups in total. The number of amides is 1. The molecule has 3 rings (SSSR count). The number of nitrogens with zero attached hydrogens (tertiary/aromatic N) is 5. The molecule has 7 nitrogen and oxygen atoms in total. The normalized spacial score (nSPS) is 20.0. The van der Waals surface area contributed by atoms with Crippen LogP contribution < -0.4 is 5.73 Å². The van der Waals surface area contributed by atoms with Crippen LogP contribution in [0, 0.1) is 5.92 Å². The van der Waals surface area contributed by atoms with Gasteiger partial charge in [-0.2, -0.15) is 4.80 Å². The summed E-state index contributed by atoms with van der Waals surface area (Å²) in [5.74, 6) is 0.872. The number of hydrogen-bond acceptors (Lipinski definition) is 5. The van der Waals surface area contributed by atoms with Gasteiger partial charge in [0.15, 0.2) is 6.04 Å². The Hall–Kier alpha value is -1.99. The van der Waals surface area contributed by atoms with Crippen molar-refractivity contribution >= 4 is 17.5 Å². The molecular formula is C18H25ClN6O. The summed E-state index contributed by atoms with van der Waals surface area (Å²) in [6.07, 6.45) is 2.66. The molecule has 1 fully saturated rings. The van der Waals surface area contributed by atoms with E-state index >= 15 is 0 Å². The van der Waals surface area contributed by atoms with Gasteiger partial charge in [0, 0.05) is 29.7 Å². The van der Waals surface area contributed by atoms with Gasteiger partial charge in [0.1, 0.15) is 0 Å². The minimum Gasteiger partial charge on any atom is -0.340 e. The summed E-state index contributed by atoms with van der Waals surface area (Å²) < 4.78 is 0. The van der Waals surface area contributed by atoms with Crippen molar-refractivity contribution < 1.29 is 4.79 Å². The molecule has 1 aliphatic rings. The zero-order valence-corrected chi connectivity index (χ0v) is 15.9. The van der Waals surface area contributed by atoms with Crippen LogP contribution in [0.3, 0.4) is 0 Å². The molecule has 0 bridgehead atoms. The minimum atomic E-state index is -0.449.